The van der Waals surface area contributed by atoms with E-state index in [0.29, 0.717) is 0 Å². The molecular weight excluding hydrogens is 208 g/mol. The molecule has 0 amide bonds. The Labute approximate surface area is 106 Å². The minimum absolute atomic E-state index is 0.729. The van der Waals surface area contributed by atoms with Gasteiger partial charge in [0, 0.05) is 24.8 Å². The van der Waals surface area contributed by atoms with Gasteiger partial charge in [-0.15, -0.1) is 0 Å². The number of hydrogen-bond acceptors (Lipinski definition) is 2. The maximum absolute atomic E-state index is 4.23. The monoisotopic (exact) mass is 234 g/mol. The maximum Gasteiger partial charge on any atom is 0.0312 e. The van der Waals surface area contributed by atoms with Crippen LogP contribution in [-0.2, 0) is 0 Å². The number of rotatable bonds is 7. The van der Waals surface area contributed by atoms with Crippen molar-refractivity contribution < 1.29 is 0 Å². The van der Waals surface area contributed by atoms with Gasteiger partial charge in [0.2, 0.25) is 0 Å². The minimum atomic E-state index is 0.729. The van der Waals surface area contributed by atoms with E-state index in [2.05, 4.69) is 36.8 Å². The Morgan fingerprint density at radius 3 is 2.47 bits per heavy atom. The Morgan fingerprint density at radius 1 is 1.18 bits per heavy atom. The Bertz CT molecular complexity index is 298. The summed E-state index contributed by atoms with van der Waals surface area (Å²) in [5.74, 6) is 1.51. The summed E-state index contributed by atoms with van der Waals surface area (Å²) >= 11 is 0. The molecule has 0 rings (SSSR count). The third-order valence-electron chi connectivity index (χ3n) is 3.02. The van der Waals surface area contributed by atoms with E-state index in [9.17, 15) is 0 Å². The molecule has 0 aromatic heterocycles. The second-order valence-corrected chi connectivity index (χ2v) is 4.54. The third kappa shape index (κ3) is 8.61. The minimum Gasteiger partial charge on any atom is -0.269 e. The van der Waals surface area contributed by atoms with E-state index in [1.807, 2.05) is 26.3 Å². The smallest absolute Gasteiger partial charge is 0.0312 e. The second kappa shape index (κ2) is 10.0. The summed E-state index contributed by atoms with van der Waals surface area (Å²) in [7, 11) is 0. The van der Waals surface area contributed by atoms with Gasteiger partial charge in [0.05, 0.1) is 0 Å². The normalized spacial score (nSPS) is 17.4. The quantitative estimate of drug-likeness (QED) is 0.573. The van der Waals surface area contributed by atoms with Gasteiger partial charge in [-0.05, 0) is 37.7 Å². The molecular formula is C15H26N2. The van der Waals surface area contributed by atoms with E-state index in [1.54, 1.807) is 12.4 Å². The molecule has 0 N–H and O–H groups in total. The number of allylic oxidation sites excluding steroid dienone is 2. The van der Waals surface area contributed by atoms with E-state index >= 15 is 0 Å². The highest BCUT2D eigenvalue weighted by atomic mass is 14.7. The van der Waals surface area contributed by atoms with Gasteiger partial charge >= 0.3 is 0 Å². The fraction of sp³-hybridized carbons (Fsp3) is 0.600. The lowest BCUT2D eigenvalue weighted by Crippen LogP contribution is -2.04. The largest absolute Gasteiger partial charge is 0.269 e. The average molecular weight is 234 g/mol. The third-order valence-corrected chi connectivity index (χ3v) is 3.02. The molecule has 0 saturated heterocycles. The van der Waals surface area contributed by atoms with Gasteiger partial charge in [-0.3, -0.25) is 9.98 Å². The molecule has 0 bridgehead atoms. The fourth-order valence-electron chi connectivity index (χ4n) is 1.36. The van der Waals surface area contributed by atoms with Crippen LogP contribution in [0.25, 0.3) is 0 Å². The molecule has 2 unspecified atom stereocenters. The Morgan fingerprint density at radius 2 is 1.88 bits per heavy atom. The Kier molecular flexibility index (Phi) is 9.31. The van der Waals surface area contributed by atoms with Gasteiger partial charge in [0.15, 0.2) is 0 Å². The zero-order chi connectivity index (χ0) is 13.1. The topological polar surface area (TPSA) is 24.7 Å². The highest BCUT2D eigenvalue weighted by Gasteiger charge is 2.07. The molecule has 0 heterocycles. The molecule has 0 aliphatic carbocycles. The summed E-state index contributed by atoms with van der Waals surface area (Å²) in [6, 6.07) is 0. The van der Waals surface area contributed by atoms with Crippen LogP contribution in [0.1, 0.15) is 47.5 Å². The SMILES string of the molecule is C\C=N/C=C(C)\C=N/C=C/CC(C)C(C)CC. The van der Waals surface area contributed by atoms with Crippen molar-refractivity contribution in [2.75, 3.05) is 0 Å². The lowest BCUT2D eigenvalue weighted by Gasteiger charge is -2.15. The molecule has 0 spiro atoms. The Balaban J connectivity index is 3.99. The summed E-state index contributed by atoms with van der Waals surface area (Å²) in [5, 5.41) is 0. The predicted molar refractivity (Wildman–Crippen MR) is 78.8 cm³/mol. The highest BCUT2D eigenvalue weighted by Crippen LogP contribution is 2.18. The first-order valence-electron chi connectivity index (χ1n) is 6.44. The van der Waals surface area contributed by atoms with Gasteiger partial charge in [0.25, 0.3) is 0 Å². The van der Waals surface area contributed by atoms with Gasteiger partial charge in [-0.1, -0.05) is 33.3 Å². The number of aliphatic imine (C=N–C) groups is 2. The lowest BCUT2D eigenvalue weighted by molar-refractivity contribution is 0.380. The van der Waals surface area contributed by atoms with Crippen molar-refractivity contribution >= 4 is 12.4 Å². The van der Waals surface area contributed by atoms with Crippen LogP contribution in [0.4, 0.5) is 0 Å². The van der Waals surface area contributed by atoms with E-state index in [4.69, 9.17) is 0 Å². The first-order chi connectivity index (χ1) is 8.11. The number of hydrogen-bond donors (Lipinski definition) is 0. The molecule has 0 aliphatic rings. The van der Waals surface area contributed by atoms with Crippen molar-refractivity contribution in [1.82, 2.24) is 0 Å². The van der Waals surface area contributed by atoms with E-state index < -0.39 is 0 Å². The van der Waals surface area contributed by atoms with Crippen molar-refractivity contribution in [2.24, 2.45) is 21.8 Å². The average Bonchev–Trinajstić information content (AvgIpc) is 2.34. The molecule has 0 fully saturated rings. The van der Waals surface area contributed by atoms with Crippen LogP contribution in [-0.4, -0.2) is 12.4 Å². The zero-order valence-corrected chi connectivity index (χ0v) is 11.9. The van der Waals surface area contributed by atoms with E-state index in [0.717, 1.165) is 23.8 Å². The van der Waals surface area contributed by atoms with Crippen LogP contribution in [0.5, 0.6) is 0 Å². The van der Waals surface area contributed by atoms with Crippen LogP contribution in [0.15, 0.2) is 34.0 Å². The summed E-state index contributed by atoms with van der Waals surface area (Å²) < 4.78 is 0. The highest BCUT2D eigenvalue weighted by molar-refractivity contribution is 5.78. The molecule has 2 heteroatoms. The van der Waals surface area contributed by atoms with Crippen LogP contribution >= 0.6 is 0 Å². The van der Waals surface area contributed by atoms with Crippen LogP contribution in [0.2, 0.25) is 0 Å². The molecule has 96 valence electrons. The molecule has 2 atom stereocenters. The molecule has 0 aromatic carbocycles. The molecule has 0 aliphatic heterocycles. The summed E-state index contributed by atoms with van der Waals surface area (Å²) in [5.41, 5.74) is 1.06. The van der Waals surface area contributed by atoms with Gasteiger partial charge in [0.1, 0.15) is 0 Å². The van der Waals surface area contributed by atoms with Crippen LogP contribution in [0.3, 0.4) is 0 Å². The van der Waals surface area contributed by atoms with Crippen molar-refractivity contribution in [2.45, 2.75) is 47.5 Å². The molecule has 0 radical (unpaired) electrons. The van der Waals surface area contributed by atoms with Crippen molar-refractivity contribution in [3.05, 3.63) is 24.0 Å². The van der Waals surface area contributed by atoms with Crippen molar-refractivity contribution in [1.29, 1.82) is 0 Å². The van der Waals surface area contributed by atoms with Crippen molar-refractivity contribution in [3.63, 3.8) is 0 Å². The van der Waals surface area contributed by atoms with Gasteiger partial charge in [-0.2, -0.15) is 0 Å². The fourth-order valence-corrected chi connectivity index (χ4v) is 1.36. The van der Waals surface area contributed by atoms with Gasteiger partial charge < -0.3 is 0 Å². The lowest BCUT2D eigenvalue weighted by atomic mass is 9.91. The van der Waals surface area contributed by atoms with Crippen molar-refractivity contribution in [3.8, 4) is 0 Å². The molecule has 2 nitrogen and oxygen atoms in total. The molecule has 17 heavy (non-hydrogen) atoms. The Hall–Kier alpha value is -1.18. The van der Waals surface area contributed by atoms with Gasteiger partial charge in [-0.25, -0.2) is 0 Å². The summed E-state index contributed by atoms with van der Waals surface area (Å²) in [6.07, 6.45) is 11.8. The standard InChI is InChI=1S/C15H26N2/c1-6-14(4)15(5)9-8-10-17-12-13(3)11-16-7-2/h7-8,10-12,14-15H,6,9H2,1-5H3/b10-8+,13-11-,16-7-,17-12-. The van der Waals surface area contributed by atoms with Crippen LogP contribution < -0.4 is 0 Å². The zero-order valence-electron chi connectivity index (χ0n) is 11.9. The first-order valence-corrected chi connectivity index (χ1v) is 6.44. The summed E-state index contributed by atoms with van der Waals surface area (Å²) in [4.78, 5) is 8.26. The second-order valence-electron chi connectivity index (χ2n) is 4.54. The first kappa shape index (κ1) is 15.8. The van der Waals surface area contributed by atoms with E-state index in [1.165, 1.54) is 6.42 Å². The molecule has 0 saturated carbocycles. The van der Waals surface area contributed by atoms with Crippen LogP contribution in [0, 0.1) is 11.8 Å². The van der Waals surface area contributed by atoms with E-state index in [-0.39, 0.29) is 0 Å². The maximum atomic E-state index is 4.23. The molecule has 0 aromatic rings. The summed E-state index contributed by atoms with van der Waals surface area (Å²) in [6.45, 7) is 10.7. The predicted octanol–water partition coefficient (Wildman–Crippen LogP) is 4.64. The number of nitrogens with zero attached hydrogens (tertiary/aromatic N) is 2.